The number of benzene rings is 4. The van der Waals surface area contributed by atoms with Crippen LogP contribution in [0.25, 0.3) is 0 Å². The molecule has 0 saturated carbocycles. The minimum Gasteiger partial charge on any atom is -0.491 e. The zero-order valence-corrected chi connectivity index (χ0v) is 32.5. The Labute approximate surface area is 341 Å². The van der Waals surface area contributed by atoms with Crippen molar-refractivity contribution in [1.29, 1.82) is 0 Å². The van der Waals surface area contributed by atoms with E-state index in [4.69, 9.17) is 18.9 Å². The van der Waals surface area contributed by atoms with Crippen LogP contribution in [0.1, 0.15) is 52.4 Å². The second kappa shape index (κ2) is 17.4. The molecular formula is C46H43N3O10. The van der Waals surface area contributed by atoms with E-state index in [0.717, 1.165) is 19.8 Å². The first kappa shape index (κ1) is 40.4. The molecule has 302 valence electrons. The SMILES string of the molecule is C=CCNC(=O)[C@H]1[C@@H]2C(=O)O[C@@H](c3ccccc3)[C@@H](c3ccccc3)N2[C@@H](c2cccc(OCCO)c2)[C@]12C(=O)Nc1ccc(C#CCC(C(=O)OC)C(=O)OC)cc12. The van der Waals surface area contributed by atoms with E-state index in [1.165, 1.54) is 6.08 Å². The van der Waals surface area contributed by atoms with Gasteiger partial charge >= 0.3 is 17.9 Å². The van der Waals surface area contributed by atoms with Crippen molar-refractivity contribution in [2.24, 2.45) is 11.8 Å². The molecule has 1 spiro atoms. The molecule has 4 aromatic rings. The number of aliphatic hydroxyl groups is 1. The van der Waals surface area contributed by atoms with Gasteiger partial charge in [-0.3, -0.25) is 28.9 Å². The van der Waals surface area contributed by atoms with Gasteiger partial charge in [0.15, 0.2) is 5.92 Å². The molecule has 0 aromatic heterocycles. The van der Waals surface area contributed by atoms with Crippen molar-refractivity contribution in [1.82, 2.24) is 10.2 Å². The molecule has 13 nitrogen and oxygen atoms in total. The number of amides is 2. The highest BCUT2D eigenvalue weighted by molar-refractivity contribution is 6.12. The Morgan fingerprint density at radius 3 is 2.25 bits per heavy atom. The molecule has 0 radical (unpaired) electrons. The normalized spacial score (nSPS) is 22.9. The van der Waals surface area contributed by atoms with E-state index in [0.29, 0.717) is 33.7 Å². The Balaban J connectivity index is 1.50. The lowest BCUT2D eigenvalue weighted by Crippen LogP contribution is -2.54. The molecule has 3 aliphatic rings. The summed E-state index contributed by atoms with van der Waals surface area (Å²) in [4.78, 5) is 71.7. The van der Waals surface area contributed by atoms with Gasteiger partial charge in [-0.15, -0.1) is 6.58 Å². The number of carbonyl (C=O) groups excluding carboxylic acids is 5. The number of nitrogens with zero attached hydrogens (tertiary/aromatic N) is 1. The number of morpholine rings is 1. The molecule has 7 rings (SSSR count). The molecule has 13 heteroatoms. The summed E-state index contributed by atoms with van der Waals surface area (Å²) in [5, 5.41) is 15.5. The molecule has 59 heavy (non-hydrogen) atoms. The van der Waals surface area contributed by atoms with Crippen molar-refractivity contribution in [3.63, 3.8) is 0 Å². The van der Waals surface area contributed by atoms with Crippen molar-refractivity contribution in [3.8, 4) is 17.6 Å². The number of fused-ring (bicyclic) bond motifs is 3. The number of ether oxygens (including phenoxy) is 4. The predicted octanol–water partition coefficient (Wildman–Crippen LogP) is 4.33. The highest BCUT2D eigenvalue weighted by atomic mass is 16.6. The Morgan fingerprint density at radius 2 is 1.59 bits per heavy atom. The molecule has 0 bridgehead atoms. The number of esters is 3. The Hall–Kier alpha value is -6.75. The van der Waals surface area contributed by atoms with Crippen LogP contribution in [0.5, 0.6) is 5.75 Å². The van der Waals surface area contributed by atoms with Crippen LogP contribution < -0.4 is 15.4 Å². The minimum atomic E-state index is -1.79. The number of cyclic esters (lactones) is 1. The van der Waals surface area contributed by atoms with Gasteiger partial charge in [0.05, 0.1) is 38.8 Å². The van der Waals surface area contributed by atoms with E-state index < -0.39 is 71.2 Å². The Bertz CT molecular complexity index is 2310. The second-order valence-electron chi connectivity index (χ2n) is 14.3. The van der Waals surface area contributed by atoms with Gasteiger partial charge in [-0.2, -0.15) is 0 Å². The van der Waals surface area contributed by atoms with Gasteiger partial charge in [0.25, 0.3) is 0 Å². The fraction of sp³-hybridized carbons (Fsp3) is 0.283. The minimum absolute atomic E-state index is 0.00535. The standard InChI is InChI=1S/C46H43N3O10/c1-4-23-47-41(51)36-38-44(54)59-39(30-16-9-6-10-17-30)37(29-14-7-5-8-15-29)49(38)40(31-18-12-19-32(27-31)58-25-24-50)46(36)34-26-28(21-22-35(34)48-45(46)55)13-11-20-33(42(52)56-2)43(53)57-3/h4-10,12,14-19,21-22,26-27,33,36-40,50H,1,20,23-25H2,2-3H3,(H,47,51)(H,48,55)/t36-,37-,38-,39+,40+,46-/m1/s1. The van der Waals surface area contributed by atoms with Crippen LogP contribution >= 0.6 is 0 Å². The maximum Gasteiger partial charge on any atom is 0.324 e. The molecular weight excluding hydrogens is 755 g/mol. The zero-order valence-electron chi connectivity index (χ0n) is 32.5. The van der Waals surface area contributed by atoms with Crippen molar-refractivity contribution in [2.75, 3.05) is 39.3 Å². The molecule has 0 aliphatic carbocycles. The fourth-order valence-corrected chi connectivity index (χ4v) is 8.69. The number of rotatable bonds is 12. The molecule has 3 aliphatic heterocycles. The molecule has 2 fully saturated rings. The average molecular weight is 798 g/mol. The van der Waals surface area contributed by atoms with Crippen LogP contribution in [-0.2, 0) is 43.6 Å². The van der Waals surface area contributed by atoms with Crippen LogP contribution in [0.3, 0.4) is 0 Å². The third-order valence-corrected chi connectivity index (χ3v) is 11.1. The third-order valence-electron chi connectivity index (χ3n) is 11.1. The van der Waals surface area contributed by atoms with Crippen molar-refractivity contribution < 1.29 is 48.0 Å². The summed E-state index contributed by atoms with van der Waals surface area (Å²) < 4.78 is 21.9. The quantitative estimate of drug-likeness (QED) is 0.0613. The van der Waals surface area contributed by atoms with E-state index >= 15 is 4.79 Å². The van der Waals surface area contributed by atoms with E-state index in [-0.39, 0.29) is 26.2 Å². The number of carbonyl (C=O) groups is 5. The lowest BCUT2D eigenvalue weighted by molar-refractivity contribution is -0.178. The Morgan fingerprint density at radius 1 is 0.915 bits per heavy atom. The lowest BCUT2D eigenvalue weighted by atomic mass is 9.65. The first-order valence-electron chi connectivity index (χ1n) is 19.1. The number of hydrogen-bond donors (Lipinski definition) is 3. The topological polar surface area (TPSA) is 170 Å². The van der Waals surface area contributed by atoms with Crippen LogP contribution in [0.4, 0.5) is 5.69 Å². The summed E-state index contributed by atoms with van der Waals surface area (Å²) in [5.41, 5.74) is 1.48. The van der Waals surface area contributed by atoms with Crippen LogP contribution in [0, 0.1) is 23.7 Å². The van der Waals surface area contributed by atoms with E-state index in [1.807, 2.05) is 71.6 Å². The van der Waals surface area contributed by atoms with Crippen LogP contribution in [0.2, 0.25) is 0 Å². The molecule has 4 aromatic carbocycles. The largest absolute Gasteiger partial charge is 0.491 e. The van der Waals surface area contributed by atoms with Gasteiger partial charge in [-0.05, 0) is 52.6 Å². The highest BCUT2D eigenvalue weighted by Crippen LogP contribution is 2.65. The van der Waals surface area contributed by atoms with Gasteiger partial charge in [-0.25, -0.2) is 0 Å². The molecule has 6 atom stereocenters. The molecule has 2 amide bonds. The molecule has 3 N–H and O–H groups in total. The first-order chi connectivity index (χ1) is 28.7. The number of hydrogen-bond acceptors (Lipinski definition) is 11. The van der Waals surface area contributed by atoms with Crippen molar-refractivity contribution >= 4 is 35.4 Å². The first-order valence-corrected chi connectivity index (χ1v) is 19.1. The fourth-order valence-electron chi connectivity index (χ4n) is 8.69. The van der Waals surface area contributed by atoms with Gasteiger partial charge in [-0.1, -0.05) is 90.7 Å². The lowest BCUT2D eigenvalue weighted by Gasteiger charge is -2.46. The Kier molecular flexibility index (Phi) is 11.9. The summed E-state index contributed by atoms with van der Waals surface area (Å²) in [5.74, 6) is 0.277. The molecule has 3 heterocycles. The number of nitrogens with one attached hydrogen (secondary N) is 2. The maximum absolute atomic E-state index is 15.3. The molecule has 2 saturated heterocycles. The van der Waals surface area contributed by atoms with Gasteiger partial charge in [0.1, 0.15) is 29.9 Å². The predicted molar refractivity (Wildman–Crippen MR) is 214 cm³/mol. The summed E-state index contributed by atoms with van der Waals surface area (Å²) in [7, 11) is 2.33. The van der Waals surface area contributed by atoms with Gasteiger partial charge in [0.2, 0.25) is 11.8 Å². The van der Waals surface area contributed by atoms with E-state index in [9.17, 15) is 24.3 Å². The number of aliphatic hydroxyl groups excluding tert-OH is 1. The highest BCUT2D eigenvalue weighted by Gasteiger charge is 2.74. The average Bonchev–Trinajstić information content (AvgIpc) is 3.75. The van der Waals surface area contributed by atoms with Crippen LogP contribution in [-0.4, -0.2) is 79.7 Å². The van der Waals surface area contributed by atoms with Gasteiger partial charge < -0.3 is 34.7 Å². The second-order valence-corrected chi connectivity index (χ2v) is 14.3. The van der Waals surface area contributed by atoms with Crippen molar-refractivity contribution in [2.45, 2.75) is 36.1 Å². The summed E-state index contributed by atoms with van der Waals surface area (Å²) >= 11 is 0. The third kappa shape index (κ3) is 7.33. The van der Waals surface area contributed by atoms with Crippen LogP contribution in [0.15, 0.2) is 116 Å². The monoisotopic (exact) mass is 797 g/mol. The number of anilines is 1. The maximum atomic E-state index is 15.3. The van der Waals surface area contributed by atoms with E-state index in [2.05, 4.69) is 29.1 Å². The van der Waals surface area contributed by atoms with E-state index in [1.54, 1.807) is 36.4 Å². The zero-order chi connectivity index (χ0) is 41.7. The smallest absolute Gasteiger partial charge is 0.324 e. The molecule has 0 unspecified atom stereocenters. The summed E-state index contributed by atoms with van der Waals surface area (Å²) in [6.45, 7) is 3.59. The summed E-state index contributed by atoms with van der Waals surface area (Å²) in [6.07, 6.45) is 0.445. The number of methoxy groups -OCH3 is 2. The van der Waals surface area contributed by atoms with Gasteiger partial charge in [0, 0.05) is 24.2 Å². The summed E-state index contributed by atoms with van der Waals surface area (Å²) in [6, 6.07) is 28.0. The van der Waals surface area contributed by atoms with Crippen molar-refractivity contribution in [3.05, 3.63) is 144 Å².